The topological polar surface area (TPSA) is 64.2 Å². The molecule has 7 nitrogen and oxygen atoms in total. The Morgan fingerprint density at radius 1 is 0.931 bits per heavy atom. The van der Waals surface area contributed by atoms with Gasteiger partial charge in [0.05, 0.1) is 21.8 Å². The van der Waals surface area contributed by atoms with Gasteiger partial charge in [-0.15, -0.1) is 11.3 Å². The third kappa shape index (κ3) is 6.26. The Hall–Kier alpha value is -1.45. The van der Waals surface area contributed by atoms with E-state index in [-0.39, 0.29) is 24.3 Å². The van der Waals surface area contributed by atoms with Crippen LogP contribution in [-0.4, -0.2) is 96.7 Å². The van der Waals surface area contributed by atoms with E-state index in [1.807, 2.05) is 11.0 Å². The minimum absolute atomic E-state index is 0.0463. The van der Waals surface area contributed by atoms with Crippen LogP contribution in [0.3, 0.4) is 0 Å². The maximum atomic E-state index is 12.6. The van der Waals surface area contributed by atoms with E-state index in [0.717, 1.165) is 29.7 Å². The lowest BCUT2D eigenvalue weighted by atomic mass is 10.2. The van der Waals surface area contributed by atoms with Crippen LogP contribution in [0.5, 0.6) is 0 Å². The highest BCUT2D eigenvalue weighted by Crippen LogP contribution is 2.23. The quantitative estimate of drug-likeness (QED) is 0.641. The number of rotatable bonds is 5. The molecule has 0 spiro atoms. The lowest BCUT2D eigenvalue weighted by Gasteiger charge is -2.36. The van der Waals surface area contributed by atoms with Gasteiger partial charge in [-0.05, 0) is 40.9 Å². The van der Waals surface area contributed by atoms with Gasteiger partial charge in [0.2, 0.25) is 11.8 Å². The third-order valence-electron chi connectivity index (χ3n) is 5.55. The fourth-order valence-electron chi connectivity index (χ4n) is 3.76. The normalized spacial score (nSPS) is 18.4. The second kappa shape index (κ2) is 10.5. The van der Waals surface area contributed by atoms with Crippen molar-refractivity contribution >= 4 is 45.0 Å². The predicted molar refractivity (Wildman–Crippen MR) is 117 cm³/mol. The molecular weight excluding hydrogens is 456 g/mol. The molecule has 29 heavy (non-hydrogen) atoms. The molecule has 3 rings (SSSR count). The second-order valence-electron chi connectivity index (χ2n) is 7.72. The van der Waals surface area contributed by atoms with Crippen molar-refractivity contribution in [1.29, 1.82) is 0 Å². The highest BCUT2D eigenvalue weighted by atomic mass is 79.9. The van der Waals surface area contributed by atoms with E-state index in [4.69, 9.17) is 0 Å². The zero-order valence-electron chi connectivity index (χ0n) is 16.9. The number of hydrogen-bond donors (Lipinski definition) is 0. The number of nitrogens with zero attached hydrogens (tertiary/aromatic N) is 4. The van der Waals surface area contributed by atoms with Crippen molar-refractivity contribution in [3.63, 3.8) is 0 Å². The summed E-state index contributed by atoms with van der Waals surface area (Å²) in [6.07, 6.45) is 4.63. The molecule has 1 aromatic rings. The van der Waals surface area contributed by atoms with Crippen LogP contribution < -0.4 is 0 Å². The van der Waals surface area contributed by atoms with Crippen LogP contribution in [0.15, 0.2) is 15.9 Å². The third-order valence-corrected chi connectivity index (χ3v) is 7.16. The van der Waals surface area contributed by atoms with Crippen molar-refractivity contribution in [3.05, 3.63) is 20.8 Å². The van der Waals surface area contributed by atoms with Crippen LogP contribution in [0.1, 0.15) is 35.4 Å². The maximum Gasteiger partial charge on any atom is 0.264 e. The first kappa shape index (κ1) is 22.2. The van der Waals surface area contributed by atoms with Crippen LogP contribution in [0, 0.1) is 0 Å². The van der Waals surface area contributed by atoms with E-state index < -0.39 is 0 Å². The number of thiophene rings is 1. The molecule has 2 saturated heterocycles. The first-order valence-electron chi connectivity index (χ1n) is 10.2. The number of amides is 3. The zero-order valence-corrected chi connectivity index (χ0v) is 19.3. The lowest BCUT2D eigenvalue weighted by molar-refractivity contribution is -0.135. The van der Waals surface area contributed by atoms with E-state index in [1.165, 1.54) is 29.1 Å². The standard InChI is InChI=1S/C20H29BrN4O3S/c1-22(20(28)16-6-7-17(21)29-16)14-18(26)25-12-10-23(11-13-25)15-19(27)24-8-4-2-3-5-9-24/h6-7H,2-5,8-15H2,1H3. The molecule has 160 valence electrons. The van der Waals surface area contributed by atoms with E-state index in [0.29, 0.717) is 37.6 Å². The maximum absolute atomic E-state index is 12.6. The van der Waals surface area contributed by atoms with Crippen LogP contribution in [0.2, 0.25) is 0 Å². The molecule has 0 aromatic carbocycles. The van der Waals surface area contributed by atoms with Crippen molar-refractivity contribution in [2.45, 2.75) is 25.7 Å². The Bertz CT molecular complexity index is 725. The number of likely N-dealkylation sites (tertiary alicyclic amines) is 1. The fourth-order valence-corrected chi connectivity index (χ4v) is 5.14. The van der Waals surface area contributed by atoms with Crippen LogP contribution in [0.25, 0.3) is 0 Å². The molecule has 0 aliphatic carbocycles. The van der Waals surface area contributed by atoms with E-state index >= 15 is 0 Å². The summed E-state index contributed by atoms with van der Waals surface area (Å²) in [5.41, 5.74) is 0. The molecule has 0 N–H and O–H groups in total. The van der Waals surface area contributed by atoms with Crippen LogP contribution >= 0.6 is 27.3 Å². The Morgan fingerprint density at radius 2 is 1.55 bits per heavy atom. The largest absolute Gasteiger partial charge is 0.342 e. The summed E-state index contributed by atoms with van der Waals surface area (Å²) in [7, 11) is 1.66. The number of halogens is 1. The average molecular weight is 485 g/mol. The summed E-state index contributed by atoms with van der Waals surface area (Å²) in [6, 6.07) is 3.60. The van der Waals surface area contributed by atoms with E-state index in [9.17, 15) is 14.4 Å². The number of piperazine rings is 1. The number of hydrogen-bond acceptors (Lipinski definition) is 5. The molecule has 1 aromatic heterocycles. The molecule has 9 heteroatoms. The lowest BCUT2D eigenvalue weighted by Crippen LogP contribution is -2.53. The number of carbonyl (C=O) groups excluding carboxylic acids is 3. The van der Waals surface area contributed by atoms with Crippen molar-refractivity contribution in [2.24, 2.45) is 0 Å². The Balaban J connectivity index is 1.42. The molecule has 2 aliphatic rings. The summed E-state index contributed by atoms with van der Waals surface area (Å²) in [6.45, 7) is 4.84. The van der Waals surface area contributed by atoms with Gasteiger partial charge in [0.15, 0.2) is 0 Å². The molecule has 3 heterocycles. The van der Waals surface area contributed by atoms with Crippen LogP contribution in [-0.2, 0) is 9.59 Å². The minimum Gasteiger partial charge on any atom is -0.342 e. The Kier molecular flexibility index (Phi) is 8.08. The van der Waals surface area contributed by atoms with Crippen molar-refractivity contribution < 1.29 is 14.4 Å². The highest BCUT2D eigenvalue weighted by Gasteiger charge is 2.26. The summed E-state index contributed by atoms with van der Waals surface area (Å²) in [4.78, 5) is 45.6. The number of likely N-dealkylation sites (N-methyl/N-ethyl adjacent to an activating group) is 1. The summed E-state index contributed by atoms with van der Waals surface area (Å²) in [5.74, 6) is 0.0183. The molecule has 0 radical (unpaired) electrons. The fraction of sp³-hybridized carbons (Fsp3) is 0.650. The Morgan fingerprint density at radius 3 is 2.14 bits per heavy atom. The van der Waals surface area contributed by atoms with Crippen LogP contribution in [0.4, 0.5) is 0 Å². The smallest absolute Gasteiger partial charge is 0.264 e. The van der Waals surface area contributed by atoms with E-state index in [2.05, 4.69) is 20.8 Å². The van der Waals surface area contributed by atoms with Gasteiger partial charge in [-0.25, -0.2) is 0 Å². The van der Waals surface area contributed by atoms with Gasteiger partial charge < -0.3 is 14.7 Å². The van der Waals surface area contributed by atoms with Gasteiger partial charge >= 0.3 is 0 Å². The molecule has 0 unspecified atom stereocenters. The zero-order chi connectivity index (χ0) is 20.8. The SMILES string of the molecule is CN(CC(=O)N1CCN(CC(=O)N2CCCCCC2)CC1)C(=O)c1ccc(Br)s1. The molecule has 0 bridgehead atoms. The summed E-state index contributed by atoms with van der Waals surface area (Å²) < 4.78 is 0.895. The molecular formula is C20H29BrN4O3S. The van der Waals surface area contributed by atoms with Gasteiger partial charge in [0, 0.05) is 46.3 Å². The summed E-state index contributed by atoms with van der Waals surface area (Å²) >= 11 is 4.72. The number of carbonyl (C=O) groups is 3. The van der Waals surface area contributed by atoms with Gasteiger partial charge in [-0.3, -0.25) is 19.3 Å². The second-order valence-corrected chi connectivity index (χ2v) is 10.2. The van der Waals surface area contributed by atoms with Gasteiger partial charge in [0.1, 0.15) is 0 Å². The first-order valence-corrected chi connectivity index (χ1v) is 11.8. The highest BCUT2D eigenvalue weighted by molar-refractivity contribution is 9.11. The Labute approximate surface area is 184 Å². The van der Waals surface area contributed by atoms with Gasteiger partial charge in [-0.1, -0.05) is 12.8 Å². The van der Waals surface area contributed by atoms with E-state index in [1.54, 1.807) is 18.0 Å². The summed E-state index contributed by atoms with van der Waals surface area (Å²) in [5, 5.41) is 0. The molecule has 3 amide bonds. The molecule has 0 atom stereocenters. The van der Waals surface area contributed by atoms with Crippen molar-refractivity contribution in [3.8, 4) is 0 Å². The first-order chi connectivity index (χ1) is 13.9. The predicted octanol–water partition coefficient (Wildman–Crippen LogP) is 2.13. The molecule has 2 aliphatic heterocycles. The van der Waals surface area contributed by atoms with Crippen molar-refractivity contribution in [1.82, 2.24) is 19.6 Å². The monoisotopic (exact) mass is 484 g/mol. The molecule has 2 fully saturated rings. The van der Waals surface area contributed by atoms with Gasteiger partial charge in [0.25, 0.3) is 5.91 Å². The minimum atomic E-state index is -0.143. The van der Waals surface area contributed by atoms with Gasteiger partial charge in [-0.2, -0.15) is 0 Å². The molecule has 0 saturated carbocycles. The van der Waals surface area contributed by atoms with Crippen molar-refractivity contribution in [2.75, 3.05) is 59.4 Å². The average Bonchev–Trinajstić information content (AvgIpc) is 2.97.